The van der Waals surface area contributed by atoms with Gasteiger partial charge in [-0.25, -0.2) is 0 Å². The van der Waals surface area contributed by atoms with Crippen LogP contribution in [0.2, 0.25) is 5.02 Å². The number of hydrogen-bond acceptors (Lipinski definition) is 3. The second-order valence-electron chi connectivity index (χ2n) is 5.75. The molecule has 2 aromatic carbocycles. The Morgan fingerprint density at radius 2 is 1.84 bits per heavy atom. The summed E-state index contributed by atoms with van der Waals surface area (Å²) in [5.74, 6) is -0.625. The molecule has 0 unspecified atom stereocenters. The average molecular weight is 356 g/mol. The molecule has 0 fully saturated rings. The van der Waals surface area contributed by atoms with Crippen molar-refractivity contribution in [2.45, 2.75) is 20.8 Å². The number of nitriles is 1. The molecule has 0 aliphatic carbocycles. The molecule has 128 valence electrons. The summed E-state index contributed by atoms with van der Waals surface area (Å²) >= 11 is 6.29. The molecule has 1 N–H and O–H groups in total. The van der Waals surface area contributed by atoms with Crippen LogP contribution in [0.3, 0.4) is 0 Å². The van der Waals surface area contributed by atoms with Gasteiger partial charge in [0.25, 0.3) is 0 Å². The van der Waals surface area contributed by atoms with Crippen LogP contribution in [0.25, 0.3) is 0 Å². The second kappa shape index (κ2) is 7.82. The van der Waals surface area contributed by atoms with Crippen molar-refractivity contribution >= 4 is 34.8 Å². The SMILES string of the molecule is CC(=O)N(CC(=O)Nc1ccc(C#N)cc1)c1c(C)cc(C)cc1Cl. The fourth-order valence-corrected chi connectivity index (χ4v) is 2.99. The maximum atomic E-state index is 12.3. The van der Waals surface area contributed by atoms with Gasteiger partial charge in [0.15, 0.2) is 0 Å². The van der Waals surface area contributed by atoms with Gasteiger partial charge in [-0.3, -0.25) is 9.59 Å². The zero-order valence-corrected chi connectivity index (χ0v) is 15.0. The highest BCUT2D eigenvalue weighted by Gasteiger charge is 2.20. The van der Waals surface area contributed by atoms with Gasteiger partial charge in [0, 0.05) is 12.6 Å². The molecule has 2 rings (SSSR count). The normalized spacial score (nSPS) is 10.0. The predicted octanol–water partition coefficient (Wildman–Crippen LogP) is 3.82. The first kappa shape index (κ1) is 18.5. The van der Waals surface area contributed by atoms with E-state index in [1.807, 2.05) is 26.0 Å². The minimum Gasteiger partial charge on any atom is -0.325 e. The van der Waals surface area contributed by atoms with Crippen molar-refractivity contribution in [3.05, 3.63) is 58.1 Å². The van der Waals surface area contributed by atoms with Crippen LogP contribution in [0.5, 0.6) is 0 Å². The summed E-state index contributed by atoms with van der Waals surface area (Å²) < 4.78 is 0. The van der Waals surface area contributed by atoms with E-state index in [1.165, 1.54) is 11.8 Å². The number of rotatable bonds is 4. The van der Waals surface area contributed by atoms with E-state index in [2.05, 4.69) is 5.32 Å². The van der Waals surface area contributed by atoms with Crippen LogP contribution in [0.4, 0.5) is 11.4 Å². The number of nitrogens with one attached hydrogen (secondary N) is 1. The quantitative estimate of drug-likeness (QED) is 0.906. The van der Waals surface area contributed by atoms with Crippen molar-refractivity contribution in [1.82, 2.24) is 0 Å². The van der Waals surface area contributed by atoms with Crippen LogP contribution >= 0.6 is 11.6 Å². The van der Waals surface area contributed by atoms with Gasteiger partial charge < -0.3 is 10.2 Å². The summed E-state index contributed by atoms with van der Waals surface area (Å²) in [6, 6.07) is 12.2. The molecule has 0 saturated carbocycles. The topological polar surface area (TPSA) is 73.2 Å². The minimum absolute atomic E-state index is 0.154. The van der Waals surface area contributed by atoms with Crippen molar-refractivity contribution < 1.29 is 9.59 Å². The van der Waals surface area contributed by atoms with E-state index in [-0.39, 0.29) is 18.4 Å². The molecule has 0 atom stereocenters. The third kappa shape index (κ3) is 4.59. The van der Waals surface area contributed by atoms with Crippen molar-refractivity contribution in [3.8, 4) is 6.07 Å². The number of halogens is 1. The van der Waals surface area contributed by atoms with Crippen LogP contribution < -0.4 is 10.2 Å². The summed E-state index contributed by atoms with van der Waals surface area (Å²) in [4.78, 5) is 25.7. The molecule has 25 heavy (non-hydrogen) atoms. The fourth-order valence-electron chi connectivity index (χ4n) is 2.57. The Balaban J connectivity index is 2.20. The van der Waals surface area contributed by atoms with E-state index in [1.54, 1.807) is 30.3 Å². The van der Waals surface area contributed by atoms with E-state index in [9.17, 15) is 9.59 Å². The van der Waals surface area contributed by atoms with Gasteiger partial charge in [-0.05, 0) is 55.3 Å². The third-order valence-corrected chi connectivity index (χ3v) is 3.94. The smallest absolute Gasteiger partial charge is 0.244 e. The molecule has 0 aliphatic heterocycles. The van der Waals surface area contributed by atoms with E-state index in [0.717, 1.165) is 11.1 Å². The molecule has 2 amide bonds. The lowest BCUT2D eigenvalue weighted by Crippen LogP contribution is -2.37. The number of carbonyl (C=O) groups is 2. The fraction of sp³-hybridized carbons (Fsp3) is 0.211. The first-order valence-electron chi connectivity index (χ1n) is 7.66. The van der Waals surface area contributed by atoms with Gasteiger partial charge in [-0.2, -0.15) is 5.26 Å². The average Bonchev–Trinajstić information content (AvgIpc) is 2.53. The predicted molar refractivity (Wildman–Crippen MR) is 98.7 cm³/mol. The van der Waals surface area contributed by atoms with Crippen LogP contribution in [-0.4, -0.2) is 18.4 Å². The summed E-state index contributed by atoms with van der Waals surface area (Å²) in [5.41, 5.74) is 3.41. The van der Waals surface area contributed by atoms with E-state index in [4.69, 9.17) is 16.9 Å². The maximum Gasteiger partial charge on any atom is 0.244 e. The molecule has 0 spiro atoms. The minimum atomic E-state index is -0.351. The maximum absolute atomic E-state index is 12.3. The summed E-state index contributed by atoms with van der Waals surface area (Å²) in [5, 5.41) is 11.9. The molecule has 6 heteroatoms. The molecule has 0 aliphatic rings. The van der Waals surface area contributed by atoms with Crippen molar-refractivity contribution in [1.29, 1.82) is 5.26 Å². The molecule has 0 heterocycles. The molecule has 0 radical (unpaired) electrons. The number of anilines is 2. The van der Waals surface area contributed by atoms with Crippen LogP contribution in [0.1, 0.15) is 23.6 Å². The van der Waals surface area contributed by atoms with Crippen LogP contribution in [0, 0.1) is 25.2 Å². The highest BCUT2D eigenvalue weighted by molar-refractivity contribution is 6.34. The molecule has 0 aromatic heterocycles. The Bertz CT molecular complexity index is 831. The second-order valence-corrected chi connectivity index (χ2v) is 6.16. The van der Waals surface area contributed by atoms with Crippen LogP contribution in [0.15, 0.2) is 36.4 Å². The molecule has 2 aromatic rings. The molecule has 5 nitrogen and oxygen atoms in total. The molecular formula is C19H18ClN3O2. The first-order valence-corrected chi connectivity index (χ1v) is 8.04. The Labute approximate surface area is 151 Å². The van der Waals surface area contributed by atoms with Crippen molar-refractivity contribution in [3.63, 3.8) is 0 Å². The highest BCUT2D eigenvalue weighted by atomic mass is 35.5. The number of amides is 2. The monoisotopic (exact) mass is 355 g/mol. The van der Waals surface area contributed by atoms with Crippen molar-refractivity contribution in [2.24, 2.45) is 0 Å². The Kier molecular flexibility index (Phi) is 5.79. The summed E-state index contributed by atoms with van der Waals surface area (Å²) in [6.45, 7) is 5.00. The summed E-state index contributed by atoms with van der Waals surface area (Å²) in [6.07, 6.45) is 0. The lowest BCUT2D eigenvalue weighted by molar-refractivity contribution is -0.120. The highest BCUT2D eigenvalue weighted by Crippen LogP contribution is 2.31. The van der Waals surface area contributed by atoms with E-state index >= 15 is 0 Å². The first-order chi connectivity index (χ1) is 11.8. The lowest BCUT2D eigenvalue weighted by Gasteiger charge is -2.24. The largest absolute Gasteiger partial charge is 0.325 e. The van der Waals surface area contributed by atoms with Gasteiger partial charge in [0.1, 0.15) is 6.54 Å². The van der Waals surface area contributed by atoms with Crippen LogP contribution in [-0.2, 0) is 9.59 Å². The number of aryl methyl sites for hydroxylation is 2. The van der Waals surface area contributed by atoms with Gasteiger partial charge in [0.05, 0.1) is 22.3 Å². The van der Waals surface area contributed by atoms with E-state index in [0.29, 0.717) is 22.0 Å². The Morgan fingerprint density at radius 1 is 1.20 bits per heavy atom. The van der Waals surface area contributed by atoms with Gasteiger partial charge in [-0.15, -0.1) is 0 Å². The Morgan fingerprint density at radius 3 is 2.36 bits per heavy atom. The van der Waals surface area contributed by atoms with Gasteiger partial charge in [0.2, 0.25) is 11.8 Å². The standard InChI is InChI=1S/C19H18ClN3O2/c1-12-8-13(2)19(17(20)9-12)23(14(3)24)11-18(25)22-16-6-4-15(10-21)5-7-16/h4-9H,11H2,1-3H3,(H,22,25). The molecule has 0 saturated heterocycles. The third-order valence-electron chi connectivity index (χ3n) is 3.65. The number of nitrogens with zero attached hydrogens (tertiary/aromatic N) is 2. The zero-order chi connectivity index (χ0) is 18.6. The van der Waals surface area contributed by atoms with E-state index < -0.39 is 0 Å². The number of benzene rings is 2. The van der Waals surface area contributed by atoms with Crippen molar-refractivity contribution in [2.75, 3.05) is 16.8 Å². The number of hydrogen-bond donors (Lipinski definition) is 1. The zero-order valence-electron chi connectivity index (χ0n) is 14.3. The number of carbonyl (C=O) groups excluding carboxylic acids is 2. The Hall–Kier alpha value is -2.84. The molecule has 0 bridgehead atoms. The lowest BCUT2D eigenvalue weighted by atomic mass is 10.1. The van der Waals surface area contributed by atoms with Gasteiger partial charge in [-0.1, -0.05) is 17.7 Å². The van der Waals surface area contributed by atoms with Gasteiger partial charge >= 0.3 is 0 Å². The summed E-state index contributed by atoms with van der Waals surface area (Å²) in [7, 11) is 0. The molecular weight excluding hydrogens is 338 g/mol.